The van der Waals surface area contributed by atoms with Crippen molar-refractivity contribution in [1.29, 1.82) is 0 Å². The fraction of sp³-hybridized carbons (Fsp3) is 1.00. The quantitative estimate of drug-likeness (QED) is 0.500. The summed E-state index contributed by atoms with van der Waals surface area (Å²) in [6.07, 6.45) is -0.553. The summed E-state index contributed by atoms with van der Waals surface area (Å²) in [5, 5.41) is 21.0. The van der Waals surface area contributed by atoms with E-state index in [-0.39, 0.29) is 6.61 Å². The molecule has 0 aromatic rings. The average Bonchev–Trinajstić information content (AvgIpc) is 2.25. The van der Waals surface area contributed by atoms with Crippen LogP contribution in [0, 0.1) is 0 Å². The zero-order chi connectivity index (χ0) is 10.2. The topological polar surface area (TPSA) is 55.7 Å². The first-order chi connectivity index (χ1) is 6.83. The van der Waals surface area contributed by atoms with Crippen molar-refractivity contribution in [2.24, 2.45) is 0 Å². The van der Waals surface area contributed by atoms with E-state index < -0.39 is 6.10 Å². The Morgan fingerprint density at radius 1 is 1.36 bits per heavy atom. The third-order valence-corrected chi connectivity index (χ3v) is 3.37. The third kappa shape index (κ3) is 5.17. The number of hydrogen-bond acceptors (Lipinski definition) is 5. The van der Waals surface area contributed by atoms with Crippen LogP contribution in [-0.2, 0) is 0 Å². The number of rotatable bonds is 6. The number of nitrogens with zero attached hydrogens (tertiary/aromatic N) is 1. The molecular formula is C9H20N2O2S. The van der Waals surface area contributed by atoms with Crippen molar-refractivity contribution in [1.82, 2.24) is 10.2 Å². The predicted octanol–water partition coefficient (Wildman–Crippen LogP) is -1.02. The van der Waals surface area contributed by atoms with E-state index in [1.807, 2.05) is 0 Å². The van der Waals surface area contributed by atoms with E-state index in [4.69, 9.17) is 10.2 Å². The maximum Gasteiger partial charge on any atom is 0.0861 e. The number of aliphatic hydroxyl groups is 2. The van der Waals surface area contributed by atoms with Crippen LogP contribution in [-0.4, -0.2) is 72.1 Å². The molecule has 0 aromatic heterocycles. The highest BCUT2D eigenvalue weighted by Gasteiger charge is 2.09. The summed E-state index contributed by atoms with van der Waals surface area (Å²) >= 11 is 1.71. The number of piperazine rings is 1. The monoisotopic (exact) mass is 220 g/mol. The van der Waals surface area contributed by atoms with Gasteiger partial charge in [-0.25, -0.2) is 0 Å². The number of thioether (sulfide) groups is 1. The number of hydrogen-bond donors (Lipinski definition) is 3. The molecule has 14 heavy (non-hydrogen) atoms. The maximum absolute atomic E-state index is 9.10. The lowest BCUT2D eigenvalue weighted by Crippen LogP contribution is -2.44. The molecule has 3 N–H and O–H groups in total. The van der Waals surface area contributed by atoms with Crippen LogP contribution in [0.2, 0.25) is 0 Å². The van der Waals surface area contributed by atoms with Gasteiger partial charge in [0.05, 0.1) is 12.7 Å². The predicted molar refractivity (Wildman–Crippen MR) is 59.7 cm³/mol. The third-order valence-electron chi connectivity index (χ3n) is 2.28. The Kier molecular flexibility index (Phi) is 6.55. The molecule has 1 atom stereocenters. The molecule has 1 aliphatic rings. The molecule has 1 heterocycles. The lowest BCUT2D eigenvalue weighted by Gasteiger charge is -2.26. The van der Waals surface area contributed by atoms with E-state index in [0.717, 1.165) is 38.5 Å². The molecule has 4 nitrogen and oxygen atoms in total. The Labute approximate surface area is 89.7 Å². The minimum atomic E-state index is -0.553. The molecule has 1 unspecified atom stereocenters. The van der Waals surface area contributed by atoms with E-state index in [9.17, 15) is 0 Å². The Balaban J connectivity index is 1.92. The van der Waals surface area contributed by atoms with E-state index in [0.29, 0.717) is 5.75 Å². The molecule has 0 aliphatic carbocycles. The molecule has 0 spiro atoms. The van der Waals surface area contributed by atoms with Crippen LogP contribution in [0.4, 0.5) is 0 Å². The van der Waals surface area contributed by atoms with Gasteiger partial charge in [0, 0.05) is 44.2 Å². The summed E-state index contributed by atoms with van der Waals surface area (Å²) in [6.45, 7) is 5.39. The van der Waals surface area contributed by atoms with E-state index in [1.165, 1.54) is 0 Å². The van der Waals surface area contributed by atoms with Gasteiger partial charge in [0.25, 0.3) is 0 Å². The molecular weight excluding hydrogens is 200 g/mol. The molecule has 1 rings (SSSR count). The van der Waals surface area contributed by atoms with Crippen molar-refractivity contribution < 1.29 is 10.2 Å². The van der Waals surface area contributed by atoms with E-state index in [1.54, 1.807) is 11.8 Å². The van der Waals surface area contributed by atoms with Gasteiger partial charge in [-0.1, -0.05) is 0 Å². The molecule has 0 bridgehead atoms. The van der Waals surface area contributed by atoms with Crippen molar-refractivity contribution in [2.75, 3.05) is 50.8 Å². The van der Waals surface area contributed by atoms with Crippen molar-refractivity contribution in [2.45, 2.75) is 6.10 Å². The summed E-state index contributed by atoms with van der Waals surface area (Å²) in [7, 11) is 0. The maximum atomic E-state index is 9.10. The van der Waals surface area contributed by atoms with Gasteiger partial charge in [-0.15, -0.1) is 0 Å². The Morgan fingerprint density at radius 3 is 2.71 bits per heavy atom. The molecule has 0 amide bonds. The molecule has 84 valence electrons. The highest BCUT2D eigenvalue weighted by Crippen LogP contribution is 2.04. The second-order valence-electron chi connectivity index (χ2n) is 3.50. The van der Waals surface area contributed by atoms with Crippen LogP contribution in [0.1, 0.15) is 0 Å². The first kappa shape index (κ1) is 12.3. The van der Waals surface area contributed by atoms with Gasteiger partial charge < -0.3 is 15.5 Å². The fourth-order valence-corrected chi connectivity index (χ4v) is 2.33. The Bertz CT molecular complexity index is 143. The van der Waals surface area contributed by atoms with E-state index in [2.05, 4.69) is 10.2 Å². The van der Waals surface area contributed by atoms with Gasteiger partial charge in [-0.05, 0) is 0 Å². The lowest BCUT2D eigenvalue weighted by molar-refractivity contribution is 0.113. The van der Waals surface area contributed by atoms with Crippen LogP contribution < -0.4 is 5.32 Å². The van der Waals surface area contributed by atoms with Crippen LogP contribution in [0.15, 0.2) is 0 Å². The van der Waals surface area contributed by atoms with Gasteiger partial charge in [0.1, 0.15) is 0 Å². The van der Waals surface area contributed by atoms with Gasteiger partial charge in [-0.2, -0.15) is 11.8 Å². The Hall–Kier alpha value is 0.190. The first-order valence-electron chi connectivity index (χ1n) is 5.12. The van der Waals surface area contributed by atoms with Crippen LogP contribution >= 0.6 is 11.8 Å². The molecule has 1 fully saturated rings. The largest absolute Gasteiger partial charge is 0.394 e. The SMILES string of the molecule is OCC(O)CSCCN1CCNCC1. The number of nitrogens with one attached hydrogen (secondary N) is 1. The Morgan fingerprint density at radius 2 is 2.07 bits per heavy atom. The normalized spacial score (nSPS) is 21.0. The van der Waals surface area contributed by atoms with Crippen LogP contribution in [0.5, 0.6) is 0 Å². The zero-order valence-electron chi connectivity index (χ0n) is 8.48. The summed E-state index contributed by atoms with van der Waals surface area (Å²) in [6, 6.07) is 0. The van der Waals surface area contributed by atoms with Crippen LogP contribution in [0.25, 0.3) is 0 Å². The summed E-state index contributed by atoms with van der Waals surface area (Å²) in [5.41, 5.74) is 0. The van der Waals surface area contributed by atoms with Crippen LogP contribution in [0.3, 0.4) is 0 Å². The summed E-state index contributed by atoms with van der Waals surface area (Å²) in [5.74, 6) is 1.68. The summed E-state index contributed by atoms with van der Waals surface area (Å²) < 4.78 is 0. The minimum absolute atomic E-state index is 0.124. The molecule has 5 heteroatoms. The standard InChI is InChI=1S/C9H20N2O2S/c12-7-9(13)8-14-6-5-11-3-1-10-2-4-11/h9-10,12-13H,1-8H2. The smallest absolute Gasteiger partial charge is 0.0861 e. The summed E-state index contributed by atoms with van der Waals surface area (Å²) in [4.78, 5) is 2.43. The van der Waals surface area contributed by atoms with Crippen molar-refractivity contribution in [3.8, 4) is 0 Å². The average molecular weight is 220 g/mol. The minimum Gasteiger partial charge on any atom is -0.394 e. The van der Waals surface area contributed by atoms with Gasteiger partial charge in [0.15, 0.2) is 0 Å². The van der Waals surface area contributed by atoms with Gasteiger partial charge >= 0.3 is 0 Å². The second-order valence-corrected chi connectivity index (χ2v) is 4.65. The highest BCUT2D eigenvalue weighted by molar-refractivity contribution is 7.99. The second kappa shape index (κ2) is 7.48. The molecule has 0 aromatic carbocycles. The highest BCUT2D eigenvalue weighted by atomic mass is 32.2. The van der Waals surface area contributed by atoms with Crippen molar-refractivity contribution >= 4 is 11.8 Å². The van der Waals surface area contributed by atoms with Crippen molar-refractivity contribution in [3.05, 3.63) is 0 Å². The van der Waals surface area contributed by atoms with Gasteiger partial charge in [-0.3, -0.25) is 4.90 Å². The molecule has 1 aliphatic heterocycles. The lowest BCUT2D eigenvalue weighted by atomic mass is 10.4. The van der Waals surface area contributed by atoms with Crippen molar-refractivity contribution in [3.63, 3.8) is 0 Å². The zero-order valence-corrected chi connectivity index (χ0v) is 9.30. The fourth-order valence-electron chi connectivity index (χ4n) is 1.40. The first-order valence-corrected chi connectivity index (χ1v) is 6.28. The van der Waals surface area contributed by atoms with E-state index >= 15 is 0 Å². The molecule has 0 radical (unpaired) electrons. The molecule has 1 saturated heterocycles. The molecule has 0 saturated carbocycles. The van der Waals surface area contributed by atoms with Gasteiger partial charge in [0.2, 0.25) is 0 Å². The number of aliphatic hydroxyl groups excluding tert-OH is 2.